The molecule has 2 aromatic heterocycles. The van der Waals surface area contributed by atoms with Crippen molar-refractivity contribution < 1.29 is 14.4 Å². The van der Waals surface area contributed by atoms with Crippen molar-refractivity contribution in [1.82, 2.24) is 9.97 Å². The van der Waals surface area contributed by atoms with E-state index in [1.165, 1.54) is 19.4 Å². The Bertz CT molecular complexity index is 1190. The number of pyridine rings is 2. The average Bonchev–Trinajstić information content (AvgIpc) is 2.85. The zero-order chi connectivity index (χ0) is 22.9. The Hall–Kier alpha value is -4.46. The summed E-state index contributed by atoms with van der Waals surface area (Å²) in [5.74, 6) is 0.970. The molecule has 0 aliphatic rings. The van der Waals surface area contributed by atoms with Crippen molar-refractivity contribution in [2.24, 2.45) is 0 Å². The molecule has 0 atom stereocenters. The molecule has 0 saturated carbocycles. The molecule has 0 unspecified atom stereocenters. The lowest BCUT2D eigenvalue weighted by Gasteiger charge is -2.07. The van der Waals surface area contributed by atoms with E-state index in [0.717, 1.165) is 16.7 Å². The first kappa shape index (κ1) is 22.2. The summed E-state index contributed by atoms with van der Waals surface area (Å²) in [4.78, 5) is 18.3. The van der Waals surface area contributed by atoms with Crippen LogP contribution in [0.5, 0.6) is 11.8 Å². The molecule has 0 aliphatic heterocycles. The number of nitro groups is 1. The van der Waals surface area contributed by atoms with E-state index >= 15 is 0 Å². The van der Waals surface area contributed by atoms with Gasteiger partial charge in [0.1, 0.15) is 6.20 Å². The molecule has 0 saturated heterocycles. The third kappa shape index (κ3) is 5.37. The lowest BCUT2D eigenvalue weighted by atomic mass is 10.1. The molecule has 2 heterocycles. The maximum Gasteiger partial charge on any atom is 0.288 e. The second kappa shape index (κ2) is 10.5. The summed E-state index contributed by atoms with van der Waals surface area (Å²) >= 11 is 0. The van der Waals surface area contributed by atoms with Gasteiger partial charge in [0.2, 0.25) is 11.8 Å². The molecule has 0 aliphatic carbocycles. The van der Waals surface area contributed by atoms with Crippen molar-refractivity contribution in [3.63, 3.8) is 0 Å². The van der Waals surface area contributed by atoms with E-state index in [-0.39, 0.29) is 5.69 Å². The van der Waals surface area contributed by atoms with Crippen LogP contribution in [0.2, 0.25) is 0 Å². The fourth-order valence-corrected chi connectivity index (χ4v) is 2.98. The number of methoxy groups -OCH3 is 2. The predicted octanol–water partition coefficient (Wildman–Crippen LogP) is 5.00. The SMILES string of the molecule is COc1ncc(N)cc1-c1ccccc1.COc1ncc([N+](=O)[O-])cc1-c1ccccc1. The number of aromatic nitrogens is 2. The Morgan fingerprint density at radius 3 is 1.72 bits per heavy atom. The number of nitrogens with zero attached hydrogens (tertiary/aromatic N) is 3. The van der Waals surface area contributed by atoms with Gasteiger partial charge in [0, 0.05) is 11.6 Å². The van der Waals surface area contributed by atoms with E-state index in [2.05, 4.69) is 9.97 Å². The molecule has 0 fully saturated rings. The van der Waals surface area contributed by atoms with E-state index in [0.29, 0.717) is 23.0 Å². The lowest BCUT2D eigenvalue weighted by molar-refractivity contribution is -0.385. The van der Waals surface area contributed by atoms with Gasteiger partial charge >= 0.3 is 0 Å². The Balaban J connectivity index is 0.000000182. The molecule has 4 rings (SSSR count). The van der Waals surface area contributed by atoms with Gasteiger partial charge in [0.25, 0.3) is 5.69 Å². The number of nitrogen functional groups attached to an aromatic ring is 1. The number of ether oxygens (including phenoxy) is 2. The zero-order valence-electron chi connectivity index (χ0n) is 17.6. The van der Waals surface area contributed by atoms with E-state index in [1.54, 1.807) is 13.3 Å². The third-order valence-corrected chi connectivity index (χ3v) is 4.48. The predicted molar refractivity (Wildman–Crippen MR) is 124 cm³/mol. The van der Waals surface area contributed by atoms with E-state index < -0.39 is 4.92 Å². The monoisotopic (exact) mass is 430 g/mol. The molecule has 4 aromatic rings. The highest BCUT2D eigenvalue weighted by molar-refractivity contribution is 5.72. The van der Waals surface area contributed by atoms with Crippen molar-refractivity contribution >= 4 is 11.4 Å². The molecular formula is C24H22N4O4. The third-order valence-electron chi connectivity index (χ3n) is 4.48. The summed E-state index contributed by atoms with van der Waals surface area (Å²) in [6.07, 6.45) is 2.77. The fourth-order valence-electron chi connectivity index (χ4n) is 2.98. The normalized spacial score (nSPS) is 9.94. The van der Waals surface area contributed by atoms with Crippen LogP contribution in [-0.2, 0) is 0 Å². The quantitative estimate of drug-likeness (QED) is 0.350. The Kier molecular flexibility index (Phi) is 7.32. The minimum atomic E-state index is -0.473. The molecule has 162 valence electrons. The summed E-state index contributed by atoms with van der Waals surface area (Å²) in [7, 11) is 3.09. The van der Waals surface area contributed by atoms with Crippen LogP contribution in [0.1, 0.15) is 0 Å². The highest BCUT2D eigenvalue weighted by atomic mass is 16.6. The molecule has 0 bridgehead atoms. The van der Waals surface area contributed by atoms with Gasteiger partial charge in [-0.3, -0.25) is 10.1 Å². The molecular weight excluding hydrogens is 408 g/mol. The largest absolute Gasteiger partial charge is 0.481 e. The number of nitrogens with two attached hydrogens (primary N) is 1. The van der Waals surface area contributed by atoms with Crippen molar-refractivity contribution in [3.05, 3.63) is 95.3 Å². The number of hydrogen-bond donors (Lipinski definition) is 1. The van der Waals surface area contributed by atoms with Crippen LogP contribution in [0, 0.1) is 10.1 Å². The Morgan fingerprint density at radius 1 is 0.781 bits per heavy atom. The summed E-state index contributed by atoms with van der Waals surface area (Å²) in [5, 5.41) is 10.7. The van der Waals surface area contributed by atoms with Gasteiger partial charge in [-0.1, -0.05) is 60.7 Å². The van der Waals surface area contributed by atoms with Crippen molar-refractivity contribution in [2.75, 3.05) is 20.0 Å². The Labute approximate surface area is 185 Å². The van der Waals surface area contributed by atoms with Gasteiger partial charge in [-0.05, 0) is 17.2 Å². The minimum Gasteiger partial charge on any atom is -0.481 e. The van der Waals surface area contributed by atoms with E-state index in [1.807, 2.05) is 66.7 Å². The molecule has 8 heteroatoms. The van der Waals surface area contributed by atoms with Crippen LogP contribution in [0.3, 0.4) is 0 Å². The first-order chi connectivity index (χ1) is 15.5. The van der Waals surface area contributed by atoms with E-state index in [9.17, 15) is 10.1 Å². The summed E-state index contributed by atoms with van der Waals surface area (Å²) in [5.41, 5.74) is 9.70. The number of hydrogen-bond acceptors (Lipinski definition) is 7. The van der Waals surface area contributed by atoms with Gasteiger partial charge in [0.05, 0.1) is 36.6 Å². The van der Waals surface area contributed by atoms with Gasteiger partial charge < -0.3 is 15.2 Å². The molecule has 8 nitrogen and oxygen atoms in total. The van der Waals surface area contributed by atoms with Gasteiger partial charge in [0.15, 0.2) is 0 Å². The Morgan fingerprint density at radius 2 is 1.25 bits per heavy atom. The lowest BCUT2D eigenvalue weighted by Crippen LogP contribution is -1.95. The number of anilines is 1. The minimum absolute atomic E-state index is 0.0512. The van der Waals surface area contributed by atoms with Crippen molar-refractivity contribution in [1.29, 1.82) is 0 Å². The molecule has 2 N–H and O–H groups in total. The standard InChI is InChI=1S/C12H10N2O3.C12H12N2O/c1-17-12-11(9-5-3-2-4-6-9)7-10(8-13-12)14(15)16;1-15-12-11(7-10(13)8-14-12)9-5-3-2-4-6-9/h2-8H,1H3;2-8H,13H2,1H3. The molecule has 0 radical (unpaired) electrons. The smallest absolute Gasteiger partial charge is 0.288 e. The maximum absolute atomic E-state index is 10.7. The van der Waals surface area contributed by atoms with Crippen LogP contribution in [0.15, 0.2) is 85.2 Å². The molecule has 0 amide bonds. The number of rotatable bonds is 5. The summed E-state index contributed by atoms with van der Waals surface area (Å²) in [6, 6.07) is 22.5. The second-order valence-corrected chi connectivity index (χ2v) is 6.57. The van der Waals surface area contributed by atoms with Crippen LogP contribution >= 0.6 is 0 Å². The number of benzene rings is 2. The van der Waals surface area contributed by atoms with Crippen LogP contribution < -0.4 is 15.2 Å². The van der Waals surface area contributed by atoms with E-state index in [4.69, 9.17) is 15.2 Å². The topological polar surface area (TPSA) is 113 Å². The zero-order valence-corrected chi connectivity index (χ0v) is 17.6. The second-order valence-electron chi connectivity index (χ2n) is 6.57. The van der Waals surface area contributed by atoms with Gasteiger partial charge in [-0.2, -0.15) is 0 Å². The van der Waals surface area contributed by atoms with Crippen LogP contribution in [-0.4, -0.2) is 29.1 Å². The van der Waals surface area contributed by atoms with Gasteiger partial charge in [-0.15, -0.1) is 0 Å². The average molecular weight is 430 g/mol. The highest BCUT2D eigenvalue weighted by Gasteiger charge is 2.14. The molecule has 32 heavy (non-hydrogen) atoms. The van der Waals surface area contributed by atoms with Crippen molar-refractivity contribution in [3.8, 4) is 34.0 Å². The molecule has 0 spiro atoms. The first-order valence-corrected chi connectivity index (χ1v) is 9.62. The van der Waals surface area contributed by atoms with Gasteiger partial charge in [-0.25, -0.2) is 9.97 Å². The first-order valence-electron chi connectivity index (χ1n) is 9.62. The highest BCUT2D eigenvalue weighted by Crippen LogP contribution is 2.31. The summed E-state index contributed by atoms with van der Waals surface area (Å²) in [6.45, 7) is 0. The fraction of sp³-hybridized carbons (Fsp3) is 0.0833. The summed E-state index contributed by atoms with van der Waals surface area (Å²) < 4.78 is 10.3. The van der Waals surface area contributed by atoms with Crippen molar-refractivity contribution in [2.45, 2.75) is 0 Å². The maximum atomic E-state index is 10.7. The van der Waals surface area contributed by atoms with Crippen LogP contribution in [0.25, 0.3) is 22.3 Å². The molecule has 2 aromatic carbocycles. The van der Waals surface area contributed by atoms with Crippen LogP contribution in [0.4, 0.5) is 11.4 Å².